The Morgan fingerprint density at radius 2 is 1.71 bits per heavy atom. The summed E-state index contributed by atoms with van der Waals surface area (Å²) in [5.74, 6) is 1.56. The summed E-state index contributed by atoms with van der Waals surface area (Å²) in [7, 11) is -0.440. The van der Waals surface area contributed by atoms with Crippen LogP contribution in [0.5, 0.6) is 5.75 Å². The number of ether oxygens (including phenoxy) is 1. The first-order chi connectivity index (χ1) is 13.4. The normalized spacial score (nSPS) is 26.0. The summed E-state index contributed by atoms with van der Waals surface area (Å²) in [6.07, 6.45) is 8.18. The molecule has 0 amide bonds. The summed E-state index contributed by atoms with van der Waals surface area (Å²) in [5.41, 5.74) is 2.30. The SMILES string of the molecule is CCCCC[SiH]1CCC(C2CC=C(c3ccc(OC(F)(F)F)cc3)CC2)CC1. The second kappa shape index (κ2) is 9.99. The summed E-state index contributed by atoms with van der Waals surface area (Å²) >= 11 is 0. The minimum atomic E-state index is -4.63. The second-order valence-corrected chi connectivity index (χ2v) is 12.1. The fourth-order valence-corrected chi connectivity index (χ4v) is 8.58. The smallest absolute Gasteiger partial charge is 0.406 e. The third-order valence-corrected chi connectivity index (χ3v) is 10.2. The van der Waals surface area contributed by atoms with Gasteiger partial charge in [-0.25, -0.2) is 0 Å². The average Bonchev–Trinajstić information content (AvgIpc) is 2.68. The molecule has 0 N–H and O–H groups in total. The number of unbranched alkanes of at least 4 members (excludes halogenated alkanes) is 2. The van der Waals surface area contributed by atoms with Gasteiger partial charge in [0.2, 0.25) is 0 Å². The first-order valence-corrected chi connectivity index (χ1v) is 13.4. The lowest BCUT2D eigenvalue weighted by molar-refractivity contribution is -0.274. The summed E-state index contributed by atoms with van der Waals surface area (Å²) in [6, 6.07) is 11.0. The van der Waals surface area contributed by atoms with Gasteiger partial charge in [-0.1, -0.05) is 75.4 Å². The van der Waals surface area contributed by atoms with E-state index in [0.717, 1.165) is 30.2 Å². The minimum Gasteiger partial charge on any atom is -0.406 e. The first kappa shape index (κ1) is 21.5. The van der Waals surface area contributed by atoms with E-state index in [1.165, 1.54) is 56.2 Å². The maximum Gasteiger partial charge on any atom is 0.573 e. The molecule has 156 valence electrons. The van der Waals surface area contributed by atoms with Gasteiger partial charge in [0.05, 0.1) is 0 Å². The highest BCUT2D eigenvalue weighted by Gasteiger charge is 2.31. The molecule has 1 aliphatic carbocycles. The molecule has 0 radical (unpaired) electrons. The van der Waals surface area contributed by atoms with E-state index >= 15 is 0 Å². The highest BCUT2D eigenvalue weighted by molar-refractivity contribution is 6.58. The Morgan fingerprint density at radius 1 is 1.00 bits per heavy atom. The van der Waals surface area contributed by atoms with Gasteiger partial charge in [0.1, 0.15) is 5.75 Å². The van der Waals surface area contributed by atoms with Crippen LogP contribution in [0.15, 0.2) is 30.3 Å². The van der Waals surface area contributed by atoms with Crippen molar-refractivity contribution in [2.45, 2.75) is 82.8 Å². The molecule has 3 rings (SSSR count). The lowest BCUT2D eigenvalue weighted by Gasteiger charge is -2.35. The van der Waals surface area contributed by atoms with Gasteiger partial charge < -0.3 is 4.74 Å². The zero-order valence-corrected chi connectivity index (χ0v) is 18.1. The molecule has 5 heteroatoms. The minimum absolute atomic E-state index is 0.148. The van der Waals surface area contributed by atoms with E-state index < -0.39 is 15.2 Å². The van der Waals surface area contributed by atoms with E-state index in [1.54, 1.807) is 30.3 Å². The molecule has 0 spiro atoms. The number of hydrogen-bond donors (Lipinski definition) is 0. The summed E-state index contributed by atoms with van der Waals surface area (Å²) < 4.78 is 40.8. The van der Waals surface area contributed by atoms with Crippen molar-refractivity contribution in [1.29, 1.82) is 0 Å². The number of benzene rings is 1. The molecule has 0 bridgehead atoms. The maximum atomic E-state index is 12.3. The fraction of sp³-hybridized carbons (Fsp3) is 0.652. The van der Waals surface area contributed by atoms with Gasteiger partial charge >= 0.3 is 6.36 Å². The van der Waals surface area contributed by atoms with Gasteiger partial charge in [-0.15, -0.1) is 13.2 Å². The molecule has 1 fully saturated rings. The topological polar surface area (TPSA) is 9.23 Å². The lowest BCUT2D eigenvalue weighted by Crippen LogP contribution is -2.26. The van der Waals surface area contributed by atoms with Crippen LogP contribution in [-0.2, 0) is 0 Å². The Bertz CT molecular complexity index is 630. The standard InChI is InChI=1S/C23H33F3OSi/c1-2-3-4-15-28-16-13-21(14-17-28)19-7-5-18(6-8-19)20-9-11-22(12-10-20)27-23(24,25)26/h5,9-12,19,21,28H,2-4,6-8,13-17H2,1H3. The summed E-state index contributed by atoms with van der Waals surface area (Å²) in [4.78, 5) is 0. The number of alkyl halides is 3. The molecule has 1 nitrogen and oxygen atoms in total. The van der Waals surface area contributed by atoms with Crippen molar-refractivity contribution in [2.24, 2.45) is 11.8 Å². The third kappa shape index (κ3) is 6.40. The summed E-state index contributed by atoms with van der Waals surface area (Å²) in [5, 5.41) is 0. The summed E-state index contributed by atoms with van der Waals surface area (Å²) in [6.45, 7) is 2.29. The number of halogens is 3. The molecule has 28 heavy (non-hydrogen) atoms. The zero-order chi connectivity index (χ0) is 20.0. The van der Waals surface area contributed by atoms with Crippen molar-refractivity contribution in [3.8, 4) is 5.75 Å². The largest absolute Gasteiger partial charge is 0.573 e. The Kier molecular flexibility index (Phi) is 7.67. The van der Waals surface area contributed by atoms with Gasteiger partial charge in [0.25, 0.3) is 0 Å². The van der Waals surface area contributed by atoms with Crippen LogP contribution in [0.25, 0.3) is 5.57 Å². The predicted molar refractivity (Wildman–Crippen MR) is 112 cm³/mol. The second-order valence-electron chi connectivity index (χ2n) is 8.61. The van der Waals surface area contributed by atoms with Crippen molar-refractivity contribution in [2.75, 3.05) is 0 Å². The predicted octanol–water partition coefficient (Wildman–Crippen LogP) is 7.60. The van der Waals surface area contributed by atoms with Crippen LogP contribution in [-0.4, -0.2) is 15.2 Å². The number of allylic oxidation sites excluding steroid dienone is 2. The van der Waals surface area contributed by atoms with E-state index in [9.17, 15) is 13.2 Å². The Balaban J connectivity index is 1.47. The Labute approximate surface area is 169 Å². The zero-order valence-electron chi connectivity index (χ0n) is 16.9. The van der Waals surface area contributed by atoms with Gasteiger partial charge in [-0.05, 0) is 54.4 Å². The van der Waals surface area contributed by atoms with Gasteiger partial charge in [0.15, 0.2) is 0 Å². The monoisotopic (exact) mass is 410 g/mol. The van der Waals surface area contributed by atoms with Crippen LogP contribution in [0.3, 0.4) is 0 Å². The molecule has 0 saturated carbocycles. The van der Waals surface area contributed by atoms with Crippen LogP contribution in [0.1, 0.15) is 63.9 Å². The molecular weight excluding hydrogens is 377 g/mol. The molecule has 1 aliphatic heterocycles. The molecule has 1 heterocycles. The number of hydrogen-bond acceptors (Lipinski definition) is 1. The van der Waals surface area contributed by atoms with Crippen LogP contribution in [0.4, 0.5) is 13.2 Å². The van der Waals surface area contributed by atoms with Crippen LogP contribution >= 0.6 is 0 Å². The highest BCUT2D eigenvalue weighted by Crippen LogP contribution is 2.41. The van der Waals surface area contributed by atoms with Gasteiger partial charge in [-0.3, -0.25) is 0 Å². The van der Waals surface area contributed by atoms with Crippen molar-refractivity contribution in [1.82, 2.24) is 0 Å². The molecule has 1 aromatic carbocycles. The van der Waals surface area contributed by atoms with Crippen molar-refractivity contribution in [3.05, 3.63) is 35.9 Å². The average molecular weight is 411 g/mol. The quantitative estimate of drug-likeness (QED) is 0.332. The molecular formula is C23H33F3OSi. The van der Waals surface area contributed by atoms with Crippen molar-refractivity contribution >= 4 is 14.4 Å². The highest BCUT2D eigenvalue weighted by atomic mass is 28.3. The first-order valence-electron chi connectivity index (χ1n) is 11.0. The van der Waals surface area contributed by atoms with Crippen LogP contribution in [0.2, 0.25) is 18.1 Å². The van der Waals surface area contributed by atoms with Gasteiger partial charge in [0, 0.05) is 8.80 Å². The van der Waals surface area contributed by atoms with Crippen molar-refractivity contribution in [3.63, 3.8) is 0 Å². The Morgan fingerprint density at radius 3 is 2.29 bits per heavy atom. The molecule has 1 aromatic rings. The molecule has 1 atom stereocenters. The van der Waals surface area contributed by atoms with E-state index in [0.29, 0.717) is 0 Å². The van der Waals surface area contributed by atoms with Crippen LogP contribution < -0.4 is 4.74 Å². The molecule has 1 saturated heterocycles. The molecule has 1 unspecified atom stereocenters. The van der Waals surface area contributed by atoms with Gasteiger partial charge in [-0.2, -0.15) is 0 Å². The lowest BCUT2D eigenvalue weighted by atomic mass is 9.77. The van der Waals surface area contributed by atoms with Crippen molar-refractivity contribution < 1.29 is 17.9 Å². The maximum absolute atomic E-state index is 12.3. The van der Waals surface area contributed by atoms with E-state index in [-0.39, 0.29) is 5.75 Å². The number of rotatable bonds is 7. The fourth-order valence-electron chi connectivity index (χ4n) is 5.05. The molecule has 0 aromatic heterocycles. The Hall–Kier alpha value is -1.23. The van der Waals surface area contributed by atoms with E-state index in [1.807, 2.05) is 0 Å². The van der Waals surface area contributed by atoms with Crippen LogP contribution in [0, 0.1) is 11.8 Å². The third-order valence-electron chi connectivity index (χ3n) is 6.68. The van der Waals surface area contributed by atoms with E-state index in [4.69, 9.17) is 0 Å². The molecule has 2 aliphatic rings. The van der Waals surface area contributed by atoms with E-state index in [2.05, 4.69) is 17.7 Å².